The molecule has 2 amide bonds. The van der Waals surface area contributed by atoms with Crippen LogP contribution in [0.3, 0.4) is 0 Å². The summed E-state index contributed by atoms with van der Waals surface area (Å²) < 4.78 is 43.3. The van der Waals surface area contributed by atoms with Crippen molar-refractivity contribution in [2.24, 2.45) is 0 Å². The molecule has 4 rings (SSSR count). The lowest BCUT2D eigenvalue weighted by Gasteiger charge is -2.38. The fourth-order valence-electron chi connectivity index (χ4n) is 4.86. The van der Waals surface area contributed by atoms with E-state index in [2.05, 4.69) is 11.3 Å². The number of nitrogens with one attached hydrogen (secondary N) is 1. The van der Waals surface area contributed by atoms with Gasteiger partial charge < -0.3 is 24.2 Å². The van der Waals surface area contributed by atoms with Crippen LogP contribution in [0.1, 0.15) is 42.1 Å². The lowest BCUT2D eigenvalue weighted by molar-refractivity contribution is 0.0397. The van der Waals surface area contributed by atoms with Gasteiger partial charge in [-0.05, 0) is 49.2 Å². The fourth-order valence-corrected chi connectivity index (χ4v) is 5.59. The van der Waals surface area contributed by atoms with Gasteiger partial charge in [-0.1, -0.05) is 44.2 Å². The van der Waals surface area contributed by atoms with Crippen molar-refractivity contribution < 1.29 is 37.3 Å². The van der Waals surface area contributed by atoms with Crippen molar-refractivity contribution in [2.45, 2.75) is 43.4 Å². The summed E-state index contributed by atoms with van der Waals surface area (Å²) in [5, 5.41) is 11.7. The first-order valence-electron chi connectivity index (χ1n) is 13.3. The first-order chi connectivity index (χ1) is 19.7. The van der Waals surface area contributed by atoms with E-state index in [1.165, 1.54) is 49.4 Å². The summed E-state index contributed by atoms with van der Waals surface area (Å²) in [6.07, 6.45) is 2.84. The highest BCUT2D eigenvalue weighted by molar-refractivity contribution is 7.89. The Morgan fingerprint density at radius 2 is 1.95 bits per heavy atom. The number of hydrogen-bond donors (Lipinski definition) is 2. The Balaban J connectivity index is 1.75. The van der Waals surface area contributed by atoms with Gasteiger partial charge in [-0.25, -0.2) is 22.8 Å². The number of carbonyl (C=O) groups excluding carboxylic acids is 2. The molecule has 0 aliphatic carbocycles. The van der Waals surface area contributed by atoms with Crippen LogP contribution in [0.4, 0.5) is 10.5 Å². The molecular weight excluding hydrogens is 550 g/mol. The third-order valence-corrected chi connectivity index (χ3v) is 8.52. The van der Waals surface area contributed by atoms with Gasteiger partial charge >= 0.3 is 6.09 Å². The molecule has 2 heterocycles. The number of nitrogens with zero attached hydrogens (tertiary/aromatic N) is 2. The Hall–Kier alpha value is -3.87. The van der Waals surface area contributed by atoms with Gasteiger partial charge in [0.2, 0.25) is 10.0 Å². The largest absolute Gasteiger partial charge is 0.493 e. The molecule has 41 heavy (non-hydrogen) atoms. The molecule has 1 unspecified atom stereocenters. The molecule has 2 aliphatic rings. The number of unbranched alkanes of at least 4 members (excludes halogenated alkanes) is 1. The number of aliphatic hydroxyl groups is 1. The van der Waals surface area contributed by atoms with Crippen LogP contribution in [0.5, 0.6) is 11.5 Å². The zero-order valence-corrected chi connectivity index (χ0v) is 24.1. The summed E-state index contributed by atoms with van der Waals surface area (Å²) in [6, 6.07) is 8.53. The molecule has 12 heteroatoms. The van der Waals surface area contributed by atoms with Crippen molar-refractivity contribution in [2.75, 3.05) is 38.8 Å². The van der Waals surface area contributed by atoms with Crippen molar-refractivity contribution in [3.8, 4) is 11.5 Å². The number of rotatable bonds is 10. The van der Waals surface area contributed by atoms with Crippen LogP contribution < -0.4 is 19.1 Å². The predicted molar refractivity (Wildman–Crippen MR) is 154 cm³/mol. The number of anilines is 1. The highest BCUT2D eigenvalue weighted by Crippen LogP contribution is 2.42. The van der Waals surface area contributed by atoms with Gasteiger partial charge in [0.1, 0.15) is 6.61 Å². The molecule has 0 bridgehead atoms. The minimum atomic E-state index is -3.61. The van der Waals surface area contributed by atoms with Crippen LogP contribution in [-0.2, 0) is 14.8 Å². The number of amides is 2. The number of aliphatic hydroxyl groups excluding tert-OH is 1. The van der Waals surface area contributed by atoms with Crippen molar-refractivity contribution in [1.82, 2.24) is 9.62 Å². The van der Waals surface area contributed by atoms with E-state index in [9.17, 15) is 23.1 Å². The zero-order chi connectivity index (χ0) is 29.7. The van der Waals surface area contributed by atoms with Crippen molar-refractivity contribution >= 4 is 33.3 Å². The zero-order valence-electron chi connectivity index (χ0n) is 23.3. The number of sulfonamides is 1. The molecule has 0 fully saturated rings. The van der Waals surface area contributed by atoms with Crippen LogP contribution in [-0.4, -0.2) is 76.6 Å². The third kappa shape index (κ3) is 6.09. The molecule has 220 valence electrons. The van der Waals surface area contributed by atoms with Gasteiger partial charge in [-0.15, -0.1) is 0 Å². The number of carbonyl (C=O) groups is 2. The Labute approximate surface area is 240 Å². The Morgan fingerprint density at radius 3 is 2.59 bits per heavy atom. The molecule has 2 N–H and O–H groups in total. The Bertz CT molecular complexity index is 1440. The molecule has 0 saturated carbocycles. The molecule has 2 aromatic carbocycles. The summed E-state index contributed by atoms with van der Waals surface area (Å²) in [5.74, 6) is 0.258. The Kier molecular flexibility index (Phi) is 9.36. The number of methoxy groups -OCH3 is 1. The molecule has 0 spiro atoms. The second-order valence-electron chi connectivity index (χ2n) is 9.56. The van der Waals surface area contributed by atoms with Gasteiger partial charge in [-0.3, -0.25) is 4.79 Å². The molecule has 2 aromatic rings. The lowest BCUT2D eigenvalue weighted by Crippen LogP contribution is -2.54. The average molecular weight is 586 g/mol. The summed E-state index contributed by atoms with van der Waals surface area (Å²) in [6.45, 7) is 6.07. The van der Waals surface area contributed by atoms with E-state index in [1.54, 1.807) is 12.1 Å². The lowest BCUT2D eigenvalue weighted by atomic mass is 9.93. The summed E-state index contributed by atoms with van der Waals surface area (Å²) >= 11 is 0. The molecule has 0 aromatic heterocycles. The van der Waals surface area contributed by atoms with Crippen LogP contribution in [0.2, 0.25) is 0 Å². The number of hydrogen-bond acceptors (Lipinski definition) is 8. The van der Waals surface area contributed by atoms with E-state index in [4.69, 9.17) is 14.2 Å². The van der Waals surface area contributed by atoms with Gasteiger partial charge in [-0.2, -0.15) is 0 Å². The Morgan fingerprint density at radius 1 is 1.22 bits per heavy atom. The minimum absolute atomic E-state index is 0.0945. The summed E-state index contributed by atoms with van der Waals surface area (Å²) in [7, 11) is -0.802. The molecule has 2 atom stereocenters. The standard InChI is InChI=1S/C29H35N3O8S/c1-5-7-15-39-26-18-23-22(17-25(26)38-4)27(33)31-13-12-20(19-8-10-21(11-9-19)41(36,37)30-3)16-24(31)28(34)32(23)29(35)40-14-6-2/h6,8-12,17-18,24,28,30,34H,2,5,7,13-16H2,1,3-4H3/t24-,28?/m0/s1. The van der Waals surface area contributed by atoms with Gasteiger partial charge in [0.15, 0.2) is 17.7 Å². The number of ether oxygens (including phenoxy) is 3. The van der Waals surface area contributed by atoms with E-state index in [0.717, 1.165) is 28.9 Å². The van der Waals surface area contributed by atoms with Crippen LogP contribution in [0, 0.1) is 0 Å². The molecule has 0 radical (unpaired) electrons. The summed E-state index contributed by atoms with van der Waals surface area (Å²) in [5.41, 5.74) is 1.81. The first kappa shape index (κ1) is 30.1. The normalized spacial score (nSPS) is 18.5. The van der Waals surface area contributed by atoms with Crippen LogP contribution >= 0.6 is 0 Å². The van der Waals surface area contributed by atoms with Crippen LogP contribution in [0.25, 0.3) is 5.57 Å². The third-order valence-electron chi connectivity index (χ3n) is 7.09. The maximum atomic E-state index is 13.9. The van der Waals surface area contributed by atoms with E-state index in [-0.39, 0.29) is 35.7 Å². The van der Waals surface area contributed by atoms with E-state index < -0.39 is 34.3 Å². The molecular formula is C29H35N3O8S. The SMILES string of the molecule is C=CCOC(=O)N1c2cc(OCCCC)c(OC)cc2C(=O)N2CC=C(c3ccc(S(=O)(=O)NC)cc3)C[C@H]2C1O. The average Bonchev–Trinajstić information content (AvgIpc) is 3.07. The first-order valence-corrected chi connectivity index (χ1v) is 14.8. The summed E-state index contributed by atoms with van der Waals surface area (Å²) in [4.78, 5) is 29.9. The smallest absolute Gasteiger partial charge is 0.416 e. The highest BCUT2D eigenvalue weighted by atomic mass is 32.2. The van der Waals surface area contributed by atoms with E-state index in [1.807, 2.05) is 13.0 Å². The van der Waals surface area contributed by atoms with Crippen LogP contribution in [0.15, 0.2) is 60.0 Å². The van der Waals surface area contributed by atoms with Gasteiger partial charge in [0.05, 0.1) is 35.9 Å². The maximum Gasteiger partial charge on any atom is 0.416 e. The predicted octanol–water partition coefficient (Wildman–Crippen LogP) is 3.54. The second-order valence-corrected chi connectivity index (χ2v) is 11.4. The van der Waals surface area contributed by atoms with Crippen molar-refractivity contribution in [1.29, 1.82) is 0 Å². The fraction of sp³-hybridized carbons (Fsp3) is 0.379. The monoisotopic (exact) mass is 585 g/mol. The van der Waals surface area contributed by atoms with Gasteiger partial charge in [0.25, 0.3) is 5.91 Å². The molecule has 2 aliphatic heterocycles. The molecule has 0 saturated heterocycles. The maximum absolute atomic E-state index is 13.9. The van der Waals surface area contributed by atoms with Gasteiger partial charge in [0, 0.05) is 12.6 Å². The second kappa shape index (κ2) is 12.8. The number of fused-ring (bicyclic) bond motifs is 2. The quantitative estimate of drug-likeness (QED) is 0.319. The highest BCUT2D eigenvalue weighted by Gasteiger charge is 2.44. The number of benzene rings is 2. The van der Waals surface area contributed by atoms with E-state index >= 15 is 0 Å². The molecule has 11 nitrogen and oxygen atoms in total. The van der Waals surface area contributed by atoms with E-state index in [0.29, 0.717) is 18.1 Å². The minimum Gasteiger partial charge on any atom is -0.493 e. The van der Waals surface area contributed by atoms with Crippen molar-refractivity contribution in [3.05, 3.63) is 66.3 Å². The van der Waals surface area contributed by atoms with Crippen molar-refractivity contribution in [3.63, 3.8) is 0 Å². The topological polar surface area (TPSA) is 135 Å².